The average Bonchev–Trinajstić information content (AvgIpc) is 2.74. The molecule has 0 aromatic carbocycles. The third kappa shape index (κ3) is 1.42. The summed E-state index contributed by atoms with van der Waals surface area (Å²) in [5.74, 6) is -0.0619. The van der Waals surface area contributed by atoms with Gasteiger partial charge in [-0.25, -0.2) is 4.98 Å². The summed E-state index contributed by atoms with van der Waals surface area (Å²) in [5.41, 5.74) is 5.21. The lowest BCUT2D eigenvalue weighted by Gasteiger charge is -2.11. The number of nitrogens with two attached hydrogens (primary N) is 1. The molecule has 0 bridgehead atoms. The van der Waals surface area contributed by atoms with Crippen LogP contribution in [-0.2, 0) is 9.53 Å². The number of rotatable bonds is 2. The number of hydrogen-bond acceptors (Lipinski definition) is 4. The second-order valence-electron chi connectivity index (χ2n) is 2.99. The molecule has 1 aromatic heterocycles. The van der Waals surface area contributed by atoms with Gasteiger partial charge in [0.05, 0.1) is 12.1 Å². The normalized spacial score (nSPS) is 27.7. The van der Waals surface area contributed by atoms with E-state index in [1.807, 2.05) is 0 Å². The molecule has 1 fully saturated rings. The largest absolute Gasteiger partial charge is 0.446 e. The summed E-state index contributed by atoms with van der Waals surface area (Å²) >= 11 is 0. The van der Waals surface area contributed by atoms with Gasteiger partial charge in [0.25, 0.3) is 0 Å². The summed E-state index contributed by atoms with van der Waals surface area (Å²) in [6.45, 7) is 0.541. The molecule has 0 spiro atoms. The second kappa shape index (κ2) is 3.18. The predicted molar refractivity (Wildman–Crippen MR) is 42.5 cm³/mol. The van der Waals surface area contributed by atoms with E-state index in [1.165, 1.54) is 6.39 Å². The van der Waals surface area contributed by atoms with Crippen molar-refractivity contribution < 1.29 is 13.9 Å². The topological polar surface area (TPSA) is 78.4 Å². The molecule has 5 nitrogen and oxygen atoms in total. The number of carbonyl (C=O) groups is 1. The smallest absolute Gasteiger partial charge is 0.223 e. The van der Waals surface area contributed by atoms with Crippen LogP contribution in [0.2, 0.25) is 0 Å². The first kappa shape index (κ1) is 8.25. The van der Waals surface area contributed by atoms with E-state index in [0.717, 1.165) is 0 Å². The number of amides is 1. The highest BCUT2D eigenvalue weighted by Gasteiger charge is 2.35. The van der Waals surface area contributed by atoms with Crippen LogP contribution in [-0.4, -0.2) is 17.5 Å². The van der Waals surface area contributed by atoms with Crippen molar-refractivity contribution in [2.75, 3.05) is 6.61 Å². The van der Waals surface area contributed by atoms with Crippen molar-refractivity contribution in [3.63, 3.8) is 0 Å². The lowest BCUT2D eigenvalue weighted by atomic mass is 10.00. The SMILES string of the molecule is NC(=O)C1CCOC1c1cnco1. The molecule has 2 heterocycles. The van der Waals surface area contributed by atoms with E-state index in [2.05, 4.69) is 4.98 Å². The molecule has 5 heteroatoms. The van der Waals surface area contributed by atoms with Crippen LogP contribution in [0.1, 0.15) is 18.3 Å². The zero-order valence-electron chi connectivity index (χ0n) is 6.97. The molecule has 0 radical (unpaired) electrons. The van der Waals surface area contributed by atoms with E-state index in [9.17, 15) is 4.79 Å². The van der Waals surface area contributed by atoms with Crippen LogP contribution in [0.3, 0.4) is 0 Å². The van der Waals surface area contributed by atoms with Crippen LogP contribution in [0.15, 0.2) is 17.0 Å². The number of aromatic nitrogens is 1. The van der Waals surface area contributed by atoms with E-state index >= 15 is 0 Å². The van der Waals surface area contributed by atoms with E-state index in [0.29, 0.717) is 18.8 Å². The van der Waals surface area contributed by atoms with Gasteiger partial charge < -0.3 is 14.9 Å². The van der Waals surface area contributed by atoms with Gasteiger partial charge in [-0.05, 0) is 6.42 Å². The molecule has 1 saturated heterocycles. The van der Waals surface area contributed by atoms with E-state index in [1.54, 1.807) is 6.20 Å². The Labute approximate surface area is 74.9 Å². The summed E-state index contributed by atoms with van der Waals surface area (Å²) in [4.78, 5) is 14.7. The van der Waals surface area contributed by atoms with Crippen LogP contribution in [0, 0.1) is 5.92 Å². The minimum atomic E-state index is -0.348. The van der Waals surface area contributed by atoms with Gasteiger partial charge in [0.15, 0.2) is 12.2 Å². The first-order valence-electron chi connectivity index (χ1n) is 4.08. The van der Waals surface area contributed by atoms with E-state index in [4.69, 9.17) is 14.9 Å². The Morgan fingerprint density at radius 3 is 3.15 bits per heavy atom. The Hall–Kier alpha value is -1.36. The summed E-state index contributed by atoms with van der Waals surface area (Å²) in [6, 6.07) is 0. The molecule has 1 amide bonds. The van der Waals surface area contributed by atoms with Crippen molar-refractivity contribution in [3.05, 3.63) is 18.4 Å². The van der Waals surface area contributed by atoms with Gasteiger partial charge in [-0.2, -0.15) is 0 Å². The molecule has 0 saturated carbocycles. The Morgan fingerprint density at radius 2 is 2.54 bits per heavy atom. The highest BCUT2D eigenvalue weighted by Crippen LogP contribution is 2.33. The zero-order chi connectivity index (χ0) is 9.26. The molecule has 1 aliphatic heterocycles. The Balaban J connectivity index is 2.19. The standard InChI is InChI=1S/C8H10N2O3/c9-8(11)5-1-2-12-7(5)6-3-10-4-13-6/h3-5,7H,1-2H2,(H2,9,11). The molecular formula is C8H10N2O3. The molecule has 13 heavy (non-hydrogen) atoms. The summed E-state index contributed by atoms with van der Waals surface area (Å²) < 4.78 is 10.4. The third-order valence-electron chi connectivity index (χ3n) is 2.19. The van der Waals surface area contributed by atoms with Gasteiger partial charge >= 0.3 is 0 Å². The lowest BCUT2D eigenvalue weighted by Crippen LogP contribution is -2.25. The molecule has 2 N–H and O–H groups in total. The fourth-order valence-electron chi connectivity index (χ4n) is 1.53. The van der Waals surface area contributed by atoms with Gasteiger partial charge in [0, 0.05) is 6.61 Å². The molecule has 1 aromatic rings. The first-order valence-corrected chi connectivity index (χ1v) is 4.08. The van der Waals surface area contributed by atoms with Gasteiger partial charge in [-0.15, -0.1) is 0 Å². The molecule has 2 rings (SSSR count). The maximum absolute atomic E-state index is 11.0. The second-order valence-corrected chi connectivity index (χ2v) is 2.99. The Kier molecular flexibility index (Phi) is 2.02. The average molecular weight is 182 g/mol. The highest BCUT2D eigenvalue weighted by atomic mass is 16.5. The molecule has 1 aliphatic rings. The van der Waals surface area contributed by atoms with Crippen molar-refractivity contribution in [2.24, 2.45) is 11.7 Å². The van der Waals surface area contributed by atoms with Crippen LogP contribution in [0.25, 0.3) is 0 Å². The van der Waals surface area contributed by atoms with E-state index in [-0.39, 0.29) is 17.9 Å². The Morgan fingerprint density at radius 1 is 1.69 bits per heavy atom. The van der Waals surface area contributed by atoms with Gasteiger partial charge in [0.2, 0.25) is 5.91 Å². The summed E-state index contributed by atoms with van der Waals surface area (Å²) in [6.07, 6.45) is 3.17. The van der Waals surface area contributed by atoms with Crippen LogP contribution < -0.4 is 5.73 Å². The molecule has 70 valence electrons. The summed E-state index contributed by atoms with van der Waals surface area (Å²) in [5, 5.41) is 0. The number of hydrogen-bond donors (Lipinski definition) is 1. The van der Waals surface area contributed by atoms with Crippen molar-refractivity contribution in [2.45, 2.75) is 12.5 Å². The molecule has 2 atom stereocenters. The number of primary amides is 1. The van der Waals surface area contributed by atoms with Crippen molar-refractivity contribution >= 4 is 5.91 Å². The third-order valence-corrected chi connectivity index (χ3v) is 2.19. The minimum absolute atomic E-state index is 0.284. The van der Waals surface area contributed by atoms with Crippen LogP contribution in [0.5, 0.6) is 0 Å². The molecule has 2 unspecified atom stereocenters. The molecular weight excluding hydrogens is 172 g/mol. The highest BCUT2D eigenvalue weighted by molar-refractivity contribution is 5.77. The minimum Gasteiger partial charge on any atom is -0.446 e. The fraction of sp³-hybridized carbons (Fsp3) is 0.500. The van der Waals surface area contributed by atoms with Gasteiger partial charge in [-0.3, -0.25) is 4.79 Å². The number of ether oxygens (including phenoxy) is 1. The lowest BCUT2D eigenvalue weighted by molar-refractivity contribution is -0.123. The molecule has 0 aliphatic carbocycles. The number of nitrogens with zero attached hydrogens (tertiary/aromatic N) is 1. The van der Waals surface area contributed by atoms with Gasteiger partial charge in [0.1, 0.15) is 6.10 Å². The van der Waals surface area contributed by atoms with Crippen molar-refractivity contribution in [1.29, 1.82) is 0 Å². The number of oxazole rings is 1. The van der Waals surface area contributed by atoms with Gasteiger partial charge in [-0.1, -0.05) is 0 Å². The maximum Gasteiger partial charge on any atom is 0.223 e. The quantitative estimate of drug-likeness (QED) is 0.710. The van der Waals surface area contributed by atoms with E-state index < -0.39 is 0 Å². The van der Waals surface area contributed by atoms with Crippen LogP contribution >= 0.6 is 0 Å². The fourth-order valence-corrected chi connectivity index (χ4v) is 1.53. The Bertz CT molecular complexity index is 296. The van der Waals surface area contributed by atoms with Crippen LogP contribution in [0.4, 0.5) is 0 Å². The monoisotopic (exact) mass is 182 g/mol. The number of carbonyl (C=O) groups excluding carboxylic acids is 1. The zero-order valence-corrected chi connectivity index (χ0v) is 6.97. The predicted octanol–water partition coefficient (Wildman–Crippen LogP) is 0.237. The van der Waals surface area contributed by atoms with Crippen molar-refractivity contribution in [1.82, 2.24) is 4.98 Å². The maximum atomic E-state index is 11.0. The summed E-state index contributed by atoms with van der Waals surface area (Å²) in [7, 11) is 0. The van der Waals surface area contributed by atoms with Crippen molar-refractivity contribution in [3.8, 4) is 0 Å². The first-order chi connectivity index (χ1) is 6.29.